The van der Waals surface area contributed by atoms with E-state index in [0.717, 1.165) is 0 Å². The Hall–Kier alpha value is -3.00. The van der Waals surface area contributed by atoms with Crippen molar-refractivity contribution in [3.05, 3.63) is 58.9 Å². The molecule has 4 nitrogen and oxygen atoms in total. The second kappa shape index (κ2) is 6.84. The molecule has 0 spiro atoms. The number of aromatic hydroxyl groups is 1. The molecule has 118 valence electrons. The molecule has 2 rings (SSSR count). The molecule has 0 bridgehead atoms. The molecule has 0 aliphatic rings. The van der Waals surface area contributed by atoms with Crippen LogP contribution in [0.2, 0.25) is 0 Å². The highest BCUT2D eigenvalue weighted by molar-refractivity contribution is 5.94. The fraction of sp³-hybridized carbons (Fsp3) is 0.167. The fourth-order valence-electron chi connectivity index (χ4n) is 1.99. The van der Waals surface area contributed by atoms with E-state index in [-0.39, 0.29) is 17.1 Å². The number of esters is 1. The van der Waals surface area contributed by atoms with Crippen LogP contribution in [0, 0.1) is 17.7 Å². The van der Waals surface area contributed by atoms with E-state index in [2.05, 4.69) is 16.6 Å². The van der Waals surface area contributed by atoms with Gasteiger partial charge in [0.25, 0.3) is 0 Å². The molecule has 2 aromatic carbocycles. The number of hydrogen-bond acceptors (Lipinski definition) is 4. The van der Waals surface area contributed by atoms with Gasteiger partial charge >= 0.3 is 5.97 Å². The molecule has 0 aliphatic heterocycles. The first-order chi connectivity index (χ1) is 10.9. The van der Waals surface area contributed by atoms with Crippen LogP contribution in [-0.4, -0.2) is 32.3 Å². The summed E-state index contributed by atoms with van der Waals surface area (Å²) in [5, 5.41) is 9.96. The van der Waals surface area contributed by atoms with E-state index in [1.54, 1.807) is 31.1 Å². The number of halogens is 1. The van der Waals surface area contributed by atoms with Gasteiger partial charge < -0.3 is 14.7 Å². The average Bonchev–Trinajstić information content (AvgIpc) is 2.54. The average molecular weight is 313 g/mol. The summed E-state index contributed by atoms with van der Waals surface area (Å²) in [7, 11) is 4.84. The van der Waals surface area contributed by atoms with Crippen LogP contribution in [0.15, 0.2) is 36.4 Å². The Labute approximate surface area is 134 Å². The zero-order valence-corrected chi connectivity index (χ0v) is 13.1. The lowest BCUT2D eigenvalue weighted by molar-refractivity contribution is 0.0597. The third-order valence-corrected chi connectivity index (χ3v) is 3.19. The fourth-order valence-corrected chi connectivity index (χ4v) is 1.99. The van der Waals surface area contributed by atoms with Crippen molar-refractivity contribution in [3.8, 4) is 17.6 Å². The van der Waals surface area contributed by atoms with Crippen LogP contribution in [0.25, 0.3) is 0 Å². The van der Waals surface area contributed by atoms with E-state index in [1.807, 2.05) is 0 Å². The normalized spacial score (nSPS) is 9.74. The molecule has 0 saturated heterocycles. The number of hydrogen-bond donors (Lipinski definition) is 1. The Balaban J connectivity index is 2.51. The van der Waals surface area contributed by atoms with E-state index in [9.17, 15) is 14.3 Å². The highest BCUT2D eigenvalue weighted by Gasteiger charge is 2.16. The minimum absolute atomic E-state index is 0.0431. The third kappa shape index (κ3) is 3.80. The van der Waals surface area contributed by atoms with Crippen molar-refractivity contribution in [2.24, 2.45) is 0 Å². The van der Waals surface area contributed by atoms with Crippen molar-refractivity contribution in [3.63, 3.8) is 0 Å². The number of carbonyl (C=O) groups is 1. The predicted molar refractivity (Wildman–Crippen MR) is 86.2 cm³/mol. The summed E-state index contributed by atoms with van der Waals surface area (Å²) in [5.74, 6) is 4.71. The van der Waals surface area contributed by atoms with Crippen molar-refractivity contribution in [2.75, 3.05) is 26.1 Å². The molecular weight excluding hydrogens is 297 g/mol. The molecule has 0 aliphatic carbocycles. The second-order valence-corrected chi connectivity index (χ2v) is 5.03. The van der Waals surface area contributed by atoms with Crippen LogP contribution in [0.3, 0.4) is 0 Å². The lowest BCUT2D eigenvalue weighted by atomic mass is 10.1. The summed E-state index contributed by atoms with van der Waals surface area (Å²) >= 11 is 0. The molecule has 23 heavy (non-hydrogen) atoms. The van der Waals surface area contributed by atoms with Gasteiger partial charge in [-0.05, 0) is 30.3 Å². The monoisotopic (exact) mass is 313 g/mol. The summed E-state index contributed by atoms with van der Waals surface area (Å²) in [6.07, 6.45) is 0. The lowest BCUT2D eigenvalue weighted by Crippen LogP contribution is -2.12. The molecule has 0 unspecified atom stereocenters. The number of methoxy groups -OCH3 is 1. The molecule has 0 heterocycles. The molecule has 0 radical (unpaired) electrons. The molecule has 0 atom stereocenters. The molecular formula is C18H16FNO3. The minimum atomic E-state index is -0.641. The van der Waals surface area contributed by atoms with Crippen LogP contribution in [0.5, 0.6) is 5.75 Å². The Kier molecular flexibility index (Phi) is 4.87. The summed E-state index contributed by atoms with van der Waals surface area (Å²) in [4.78, 5) is 13.5. The Morgan fingerprint density at radius 1 is 1.17 bits per heavy atom. The molecule has 1 N–H and O–H groups in total. The van der Waals surface area contributed by atoms with Crippen LogP contribution < -0.4 is 4.90 Å². The number of phenolic OH excluding ortho intramolecular Hbond substituents is 1. The summed E-state index contributed by atoms with van der Waals surface area (Å²) in [6, 6.07) is 8.73. The first kappa shape index (κ1) is 16.4. The van der Waals surface area contributed by atoms with Gasteiger partial charge in [-0.3, -0.25) is 0 Å². The first-order valence-corrected chi connectivity index (χ1v) is 6.82. The van der Waals surface area contributed by atoms with Gasteiger partial charge in [-0.1, -0.05) is 11.8 Å². The lowest BCUT2D eigenvalue weighted by Gasteiger charge is -2.16. The van der Waals surface area contributed by atoms with Crippen LogP contribution in [0.4, 0.5) is 10.1 Å². The van der Waals surface area contributed by atoms with Gasteiger partial charge in [0.05, 0.1) is 12.8 Å². The van der Waals surface area contributed by atoms with Crippen molar-refractivity contribution in [2.45, 2.75) is 0 Å². The molecule has 2 aromatic rings. The van der Waals surface area contributed by atoms with Gasteiger partial charge in [0.2, 0.25) is 0 Å². The summed E-state index contributed by atoms with van der Waals surface area (Å²) < 4.78 is 17.6. The second-order valence-electron chi connectivity index (χ2n) is 5.03. The van der Waals surface area contributed by atoms with Gasteiger partial charge in [0, 0.05) is 31.3 Å². The Morgan fingerprint density at radius 3 is 2.39 bits per heavy atom. The molecule has 5 heteroatoms. The Morgan fingerprint density at radius 2 is 1.83 bits per heavy atom. The standard InChI is InChI=1S/C18H16FNO3/c1-20(2)16-11-17(21)15(18(22)23-3)10-13(16)7-4-12-5-8-14(19)9-6-12/h5-6,8-11,21H,1-3H3. The quantitative estimate of drug-likeness (QED) is 0.684. The van der Waals surface area contributed by atoms with E-state index in [1.165, 1.54) is 31.4 Å². The van der Waals surface area contributed by atoms with Crippen molar-refractivity contribution in [1.82, 2.24) is 0 Å². The van der Waals surface area contributed by atoms with E-state index in [4.69, 9.17) is 0 Å². The molecule has 0 fully saturated rings. The predicted octanol–water partition coefficient (Wildman–Crippen LogP) is 2.78. The highest BCUT2D eigenvalue weighted by atomic mass is 19.1. The zero-order valence-electron chi connectivity index (χ0n) is 13.1. The third-order valence-electron chi connectivity index (χ3n) is 3.19. The smallest absolute Gasteiger partial charge is 0.341 e. The van der Waals surface area contributed by atoms with Gasteiger partial charge in [0.1, 0.15) is 17.1 Å². The van der Waals surface area contributed by atoms with Crippen LogP contribution in [-0.2, 0) is 4.74 Å². The van der Waals surface area contributed by atoms with Crippen molar-refractivity contribution < 1.29 is 19.0 Å². The van der Waals surface area contributed by atoms with Gasteiger partial charge in [-0.25, -0.2) is 9.18 Å². The molecule has 0 aromatic heterocycles. The maximum Gasteiger partial charge on any atom is 0.341 e. The van der Waals surface area contributed by atoms with E-state index < -0.39 is 5.97 Å². The number of nitrogens with zero attached hydrogens (tertiary/aromatic N) is 1. The molecule has 0 amide bonds. The minimum Gasteiger partial charge on any atom is -0.507 e. The number of carbonyl (C=O) groups excluding carboxylic acids is 1. The number of rotatable bonds is 2. The zero-order chi connectivity index (χ0) is 17.0. The number of anilines is 1. The largest absolute Gasteiger partial charge is 0.507 e. The van der Waals surface area contributed by atoms with Gasteiger partial charge in [0.15, 0.2) is 0 Å². The number of phenols is 1. The summed E-state index contributed by atoms with van der Waals surface area (Å²) in [6.45, 7) is 0. The topological polar surface area (TPSA) is 49.8 Å². The van der Waals surface area contributed by atoms with Crippen molar-refractivity contribution >= 4 is 11.7 Å². The first-order valence-electron chi connectivity index (χ1n) is 6.82. The van der Waals surface area contributed by atoms with Crippen LogP contribution >= 0.6 is 0 Å². The SMILES string of the molecule is COC(=O)c1cc(C#Cc2ccc(F)cc2)c(N(C)C)cc1O. The van der Waals surface area contributed by atoms with E-state index >= 15 is 0 Å². The molecule has 0 saturated carbocycles. The number of benzene rings is 2. The van der Waals surface area contributed by atoms with E-state index in [0.29, 0.717) is 16.8 Å². The maximum atomic E-state index is 12.9. The van der Waals surface area contributed by atoms with Gasteiger partial charge in [-0.15, -0.1) is 0 Å². The van der Waals surface area contributed by atoms with Crippen molar-refractivity contribution in [1.29, 1.82) is 0 Å². The van der Waals surface area contributed by atoms with Crippen LogP contribution in [0.1, 0.15) is 21.5 Å². The summed E-state index contributed by atoms with van der Waals surface area (Å²) in [5.41, 5.74) is 1.90. The Bertz CT molecular complexity index is 786. The number of ether oxygens (including phenoxy) is 1. The van der Waals surface area contributed by atoms with Gasteiger partial charge in [-0.2, -0.15) is 0 Å². The highest BCUT2D eigenvalue weighted by Crippen LogP contribution is 2.28. The maximum absolute atomic E-state index is 12.9.